The number of aryl methyl sites for hydroxylation is 2. The Morgan fingerprint density at radius 3 is 2.63 bits per heavy atom. The predicted octanol–water partition coefficient (Wildman–Crippen LogP) is 5.07. The monoisotopic (exact) mass is 332 g/mol. The normalized spacial score (nSPS) is 11.1. The van der Waals surface area contributed by atoms with E-state index in [-0.39, 0.29) is 0 Å². The average Bonchev–Trinajstić information content (AvgIpc) is 2.65. The van der Waals surface area contributed by atoms with E-state index < -0.39 is 0 Å². The molecule has 0 atom stereocenters. The molecule has 0 bridgehead atoms. The quantitative estimate of drug-likeness (QED) is 0.617. The Morgan fingerprint density at radius 1 is 1.16 bits per heavy atom. The Hall–Kier alpha value is -1.39. The fourth-order valence-corrected chi connectivity index (χ4v) is 3.62. The van der Waals surface area contributed by atoms with E-state index in [9.17, 15) is 0 Å². The fraction of sp³-hybridized carbons (Fsp3) is 0.133. The molecule has 0 amide bonds. The van der Waals surface area contributed by atoms with E-state index in [4.69, 9.17) is 12.2 Å². The van der Waals surface area contributed by atoms with Crippen LogP contribution in [0, 0.1) is 18.6 Å². The smallest absolute Gasteiger partial charge is 0.182 e. The van der Waals surface area contributed by atoms with Crippen LogP contribution in [0.5, 0.6) is 0 Å². The first kappa shape index (κ1) is 12.6. The fourth-order valence-electron chi connectivity index (χ4n) is 2.47. The number of hydrogen-bond acceptors (Lipinski definition) is 1. The average molecular weight is 333 g/mol. The molecule has 1 N–H and O–H groups in total. The molecule has 2 aromatic carbocycles. The topological polar surface area (TPSA) is 20.7 Å². The number of benzene rings is 2. The lowest BCUT2D eigenvalue weighted by Gasteiger charge is -2.12. The van der Waals surface area contributed by atoms with Gasteiger partial charge in [-0.05, 0) is 71.3 Å². The number of nitrogens with one attached hydrogen (secondary N) is 1. The third-order valence-corrected chi connectivity index (χ3v) is 4.10. The summed E-state index contributed by atoms with van der Waals surface area (Å²) in [6.07, 6.45) is 0. The number of H-pyrrole nitrogens is 1. The van der Waals surface area contributed by atoms with Gasteiger partial charge in [-0.25, -0.2) is 0 Å². The molecular formula is C15H13BrN2S. The summed E-state index contributed by atoms with van der Waals surface area (Å²) in [5, 5.41) is 0. The van der Waals surface area contributed by atoms with E-state index in [1.807, 2.05) is 18.2 Å². The van der Waals surface area contributed by atoms with Gasteiger partial charge >= 0.3 is 0 Å². The van der Waals surface area contributed by atoms with Crippen LogP contribution in [0.4, 0.5) is 0 Å². The van der Waals surface area contributed by atoms with E-state index in [0.29, 0.717) is 4.77 Å². The van der Waals surface area contributed by atoms with Gasteiger partial charge in [-0.15, -0.1) is 0 Å². The summed E-state index contributed by atoms with van der Waals surface area (Å²) < 4.78 is 3.86. The van der Waals surface area contributed by atoms with Gasteiger partial charge in [0.1, 0.15) is 0 Å². The SMILES string of the molecule is Cc1cc(C)c(-n2c(=S)[nH]c3ccccc32)c(Br)c1. The van der Waals surface area contributed by atoms with Gasteiger partial charge in [-0.1, -0.05) is 18.2 Å². The second kappa shape index (κ2) is 4.62. The summed E-state index contributed by atoms with van der Waals surface area (Å²) in [5.41, 5.74) is 5.69. The summed E-state index contributed by atoms with van der Waals surface area (Å²) in [6.45, 7) is 4.20. The molecule has 0 fully saturated rings. The Balaban J connectivity index is 2.43. The summed E-state index contributed by atoms with van der Waals surface area (Å²) in [4.78, 5) is 3.25. The molecule has 3 rings (SSSR count). The van der Waals surface area contributed by atoms with Crippen LogP contribution in [0.25, 0.3) is 16.7 Å². The van der Waals surface area contributed by atoms with Gasteiger partial charge in [0, 0.05) is 4.47 Å². The summed E-state index contributed by atoms with van der Waals surface area (Å²) in [5.74, 6) is 0. The van der Waals surface area contributed by atoms with Crippen LogP contribution in [-0.4, -0.2) is 9.55 Å². The molecule has 1 heterocycles. The van der Waals surface area contributed by atoms with Gasteiger partial charge in [0.2, 0.25) is 0 Å². The minimum absolute atomic E-state index is 0.717. The van der Waals surface area contributed by atoms with E-state index in [0.717, 1.165) is 21.2 Å². The molecule has 1 aromatic heterocycles. The van der Waals surface area contributed by atoms with Crippen molar-refractivity contribution in [1.29, 1.82) is 0 Å². The number of fused-ring (bicyclic) bond motifs is 1. The van der Waals surface area contributed by atoms with Crippen molar-refractivity contribution in [2.24, 2.45) is 0 Å². The Bertz CT molecular complexity index is 807. The van der Waals surface area contributed by atoms with Gasteiger partial charge in [0.05, 0.1) is 16.7 Å². The van der Waals surface area contributed by atoms with Crippen molar-refractivity contribution in [3.05, 3.63) is 56.8 Å². The third-order valence-electron chi connectivity index (χ3n) is 3.21. The third kappa shape index (κ3) is 2.05. The van der Waals surface area contributed by atoms with Crippen molar-refractivity contribution in [3.63, 3.8) is 0 Å². The summed E-state index contributed by atoms with van der Waals surface area (Å²) >= 11 is 9.13. The van der Waals surface area contributed by atoms with Crippen molar-refractivity contribution in [2.45, 2.75) is 13.8 Å². The zero-order valence-electron chi connectivity index (χ0n) is 10.7. The van der Waals surface area contributed by atoms with Crippen molar-refractivity contribution in [1.82, 2.24) is 9.55 Å². The molecule has 0 radical (unpaired) electrons. The maximum absolute atomic E-state index is 5.47. The van der Waals surface area contributed by atoms with Crippen LogP contribution in [0.15, 0.2) is 40.9 Å². The molecule has 0 saturated heterocycles. The van der Waals surface area contributed by atoms with Crippen LogP contribution in [0.2, 0.25) is 0 Å². The lowest BCUT2D eigenvalue weighted by atomic mass is 10.1. The zero-order chi connectivity index (χ0) is 13.6. The van der Waals surface area contributed by atoms with Crippen molar-refractivity contribution in [3.8, 4) is 5.69 Å². The number of halogens is 1. The first-order chi connectivity index (χ1) is 9.08. The van der Waals surface area contributed by atoms with E-state index in [1.54, 1.807) is 0 Å². The van der Waals surface area contributed by atoms with Crippen LogP contribution < -0.4 is 0 Å². The van der Waals surface area contributed by atoms with Crippen molar-refractivity contribution in [2.75, 3.05) is 0 Å². The Labute approximate surface area is 125 Å². The molecule has 96 valence electrons. The maximum Gasteiger partial charge on any atom is 0.182 e. The highest BCUT2D eigenvalue weighted by atomic mass is 79.9. The van der Waals surface area contributed by atoms with Gasteiger partial charge < -0.3 is 4.98 Å². The molecule has 0 aliphatic carbocycles. The Kier molecular flexibility index (Phi) is 3.07. The number of para-hydroxylation sites is 2. The lowest BCUT2D eigenvalue weighted by molar-refractivity contribution is 1.04. The van der Waals surface area contributed by atoms with Crippen LogP contribution in [0.1, 0.15) is 11.1 Å². The van der Waals surface area contributed by atoms with Gasteiger partial charge in [-0.2, -0.15) is 0 Å². The molecule has 2 nitrogen and oxygen atoms in total. The number of nitrogens with zero attached hydrogens (tertiary/aromatic N) is 1. The zero-order valence-corrected chi connectivity index (χ0v) is 13.1. The van der Waals surface area contributed by atoms with Gasteiger partial charge in [0.25, 0.3) is 0 Å². The second-order valence-electron chi connectivity index (χ2n) is 4.69. The number of imidazole rings is 1. The van der Waals surface area contributed by atoms with E-state index in [2.05, 4.69) is 57.5 Å². The highest BCUT2D eigenvalue weighted by Gasteiger charge is 2.12. The Morgan fingerprint density at radius 2 is 1.89 bits per heavy atom. The first-order valence-corrected chi connectivity index (χ1v) is 7.25. The highest BCUT2D eigenvalue weighted by Crippen LogP contribution is 2.29. The summed E-state index contributed by atoms with van der Waals surface area (Å²) in [7, 11) is 0. The molecule has 4 heteroatoms. The largest absolute Gasteiger partial charge is 0.330 e. The number of aromatic nitrogens is 2. The number of rotatable bonds is 1. The molecule has 19 heavy (non-hydrogen) atoms. The molecule has 0 aliphatic heterocycles. The molecule has 0 spiro atoms. The van der Waals surface area contributed by atoms with E-state index in [1.165, 1.54) is 11.1 Å². The van der Waals surface area contributed by atoms with E-state index >= 15 is 0 Å². The molecule has 0 aliphatic rings. The van der Waals surface area contributed by atoms with Crippen LogP contribution in [-0.2, 0) is 0 Å². The summed E-state index contributed by atoms with van der Waals surface area (Å²) in [6, 6.07) is 12.4. The maximum atomic E-state index is 5.47. The molecular weight excluding hydrogens is 320 g/mol. The lowest BCUT2D eigenvalue weighted by Crippen LogP contribution is -1.99. The molecule has 0 saturated carbocycles. The minimum atomic E-state index is 0.717. The van der Waals surface area contributed by atoms with Crippen molar-refractivity contribution >= 4 is 39.2 Å². The van der Waals surface area contributed by atoms with Crippen LogP contribution in [0.3, 0.4) is 0 Å². The minimum Gasteiger partial charge on any atom is -0.330 e. The molecule has 3 aromatic rings. The first-order valence-electron chi connectivity index (χ1n) is 6.05. The van der Waals surface area contributed by atoms with Gasteiger partial charge in [-0.3, -0.25) is 4.57 Å². The second-order valence-corrected chi connectivity index (χ2v) is 5.94. The number of aromatic amines is 1. The van der Waals surface area contributed by atoms with Crippen molar-refractivity contribution < 1.29 is 0 Å². The highest BCUT2D eigenvalue weighted by molar-refractivity contribution is 9.10. The standard InChI is InChI=1S/C15H13BrN2S/c1-9-7-10(2)14(11(16)8-9)18-13-6-4-3-5-12(13)17-15(18)19/h3-8H,1-2H3,(H,17,19). The number of hydrogen-bond donors (Lipinski definition) is 1. The predicted molar refractivity (Wildman–Crippen MR) is 85.6 cm³/mol. The van der Waals surface area contributed by atoms with Gasteiger partial charge in [0.15, 0.2) is 4.77 Å². The van der Waals surface area contributed by atoms with Crippen LogP contribution >= 0.6 is 28.1 Å². The molecule has 0 unspecified atom stereocenters.